The smallest absolute Gasteiger partial charge is 0.239 e. The van der Waals surface area contributed by atoms with Gasteiger partial charge in [0, 0.05) is 63.0 Å². The number of piperazine rings is 1. The maximum Gasteiger partial charge on any atom is 0.239 e. The van der Waals surface area contributed by atoms with Crippen molar-refractivity contribution >= 4 is 29.1 Å². The molecule has 1 aromatic heterocycles. The maximum atomic E-state index is 13.0. The predicted octanol–water partition coefficient (Wildman–Crippen LogP) is 3.15. The van der Waals surface area contributed by atoms with Crippen molar-refractivity contribution in [3.63, 3.8) is 0 Å². The highest BCUT2D eigenvalue weighted by atomic mass is 16.2. The zero-order chi connectivity index (χ0) is 26.2. The number of aryl methyl sites for hydroxylation is 1. The van der Waals surface area contributed by atoms with E-state index >= 15 is 0 Å². The normalized spacial score (nSPS) is 15.8. The van der Waals surface area contributed by atoms with Crippen LogP contribution in [0.4, 0.5) is 17.3 Å². The van der Waals surface area contributed by atoms with Crippen molar-refractivity contribution in [3.05, 3.63) is 66.2 Å². The molecule has 37 heavy (non-hydrogen) atoms. The van der Waals surface area contributed by atoms with Crippen molar-refractivity contribution in [2.75, 3.05) is 54.8 Å². The van der Waals surface area contributed by atoms with Crippen molar-refractivity contribution in [2.45, 2.75) is 26.8 Å². The number of carbonyl (C=O) groups is 2. The first-order valence-electron chi connectivity index (χ1n) is 12.7. The SMILES string of the molecule is CC(=O)NCCNc1cc(NC(=O)CN2CCN(c3cccc(C)c3)C(C)C2)nc(-c2ccccc2)n1. The van der Waals surface area contributed by atoms with Gasteiger partial charge in [-0.05, 0) is 31.5 Å². The van der Waals surface area contributed by atoms with E-state index < -0.39 is 0 Å². The first-order valence-corrected chi connectivity index (χ1v) is 12.7. The van der Waals surface area contributed by atoms with Crippen LogP contribution in [0.15, 0.2) is 60.7 Å². The molecule has 2 heterocycles. The summed E-state index contributed by atoms with van der Waals surface area (Å²) in [5.74, 6) is 1.33. The van der Waals surface area contributed by atoms with Gasteiger partial charge in [-0.2, -0.15) is 0 Å². The molecule has 0 radical (unpaired) electrons. The molecular weight excluding hydrogens is 466 g/mol. The number of nitrogens with zero attached hydrogens (tertiary/aromatic N) is 4. The first kappa shape index (κ1) is 26.1. The van der Waals surface area contributed by atoms with Gasteiger partial charge >= 0.3 is 0 Å². The monoisotopic (exact) mass is 501 g/mol. The summed E-state index contributed by atoms with van der Waals surface area (Å²) in [6.07, 6.45) is 0. The molecule has 194 valence electrons. The molecular formula is C28H35N7O2. The number of nitrogens with one attached hydrogen (secondary N) is 3. The van der Waals surface area contributed by atoms with E-state index in [4.69, 9.17) is 0 Å². The van der Waals surface area contributed by atoms with Crippen LogP contribution in [-0.2, 0) is 9.59 Å². The summed E-state index contributed by atoms with van der Waals surface area (Å²) in [4.78, 5) is 37.9. The van der Waals surface area contributed by atoms with Gasteiger partial charge in [0.25, 0.3) is 0 Å². The Labute approximate surface area is 218 Å². The van der Waals surface area contributed by atoms with E-state index in [1.54, 1.807) is 6.07 Å². The fourth-order valence-electron chi connectivity index (χ4n) is 4.50. The number of aromatic nitrogens is 2. The van der Waals surface area contributed by atoms with E-state index in [1.165, 1.54) is 18.2 Å². The van der Waals surface area contributed by atoms with Crippen LogP contribution in [-0.4, -0.2) is 72.0 Å². The van der Waals surface area contributed by atoms with Crippen LogP contribution in [0.3, 0.4) is 0 Å². The van der Waals surface area contributed by atoms with E-state index in [2.05, 4.69) is 73.8 Å². The molecule has 1 aliphatic heterocycles. The van der Waals surface area contributed by atoms with Gasteiger partial charge in [0.2, 0.25) is 11.8 Å². The minimum absolute atomic E-state index is 0.0866. The van der Waals surface area contributed by atoms with E-state index in [0.29, 0.717) is 43.1 Å². The second kappa shape index (κ2) is 12.3. The topological polar surface area (TPSA) is 102 Å². The summed E-state index contributed by atoms with van der Waals surface area (Å²) in [6, 6.07) is 20.2. The Morgan fingerprint density at radius 3 is 2.49 bits per heavy atom. The van der Waals surface area contributed by atoms with Gasteiger partial charge < -0.3 is 20.9 Å². The quantitative estimate of drug-likeness (QED) is 0.387. The summed E-state index contributed by atoms with van der Waals surface area (Å²) >= 11 is 0. The molecule has 0 saturated carbocycles. The van der Waals surface area contributed by atoms with Gasteiger partial charge in [-0.1, -0.05) is 42.5 Å². The van der Waals surface area contributed by atoms with Crippen molar-refractivity contribution in [1.29, 1.82) is 0 Å². The van der Waals surface area contributed by atoms with Crippen LogP contribution in [0, 0.1) is 6.92 Å². The minimum Gasteiger partial charge on any atom is -0.368 e. The summed E-state index contributed by atoms with van der Waals surface area (Å²) in [5, 5.41) is 8.91. The van der Waals surface area contributed by atoms with Crippen LogP contribution >= 0.6 is 0 Å². The molecule has 9 heteroatoms. The molecule has 1 fully saturated rings. The van der Waals surface area contributed by atoms with Crippen LogP contribution in [0.1, 0.15) is 19.4 Å². The molecule has 4 rings (SSSR count). The van der Waals surface area contributed by atoms with Gasteiger partial charge in [-0.15, -0.1) is 0 Å². The number of hydrogen-bond donors (Lipinski definition) is 3. The van der Waals surface area contributed by atoms with Crippen LogP contribution in [0.5, 0.6) is 0 Å². The Kier molecular flexibility index (Phi) is 8.68. The third-order valence-electron chi connectivity index (χ3n) is 6.24. The second-order valence-corrected chi connectivity index (χ2v) is 9.40. The third kappa shape index (κ3) is 7.50. The average molecular weight is 502 g/mol. The number of rotatable bonds is 9. The van der Waals surface area contributed by atoms with Gasteiger partial charge in [-0.25, -0.2) is 9.97 Å². The fraction of sp³-hybridized carbons (Fsp3) is 0.357. The molecule has 2 aromatic carbocycles. The first-order chi connectivity index (χ1) is 17.9. The molecule has 1 aliphatic rings. The molecule has 3 aromatic rings. The zero-order valence-corrected chi connectivity index (χ0v) is 21.7. The number of anilines is 3. The Balaban J connectivity index is 1.39. The van der Waals surface area contributed by atoms with E-state index in [1.807, 2.05) is 30.3 Å². The lowest BCUT2D eigenvalue weighted by Gasteiger charge is -2.41. The summed E-state index contributed by atoms with van der Waals surface area (Å²) in [5.41, 5.74) is 3.32. The average Bonchev–Trinajstić information content (AvgIpc) is 2.87. The predicted molar refractivity (Wildman–Crippen MR) is 148 cm³/mol. The molecule has 0 spiro atoms. The molecule has 3 N–H and O–H groups in total. The van der Waals surface area contributed by atoms with E-state index in [0.717, 1.165) is 25.2 Å². The Morgan fingerprint density at radius 2 is 1.76 bits per heavy atom. The van der Waals surface area contributed by atoms with Crippen LogP contribution < -0.4 is 20.9 Å². The fourth-order valence-corrected chi connectivity index (χ4v) is 4.50. The lowest BCUT2D eigenvalue weighted by Crippen LogP contribution is -2.53. The summed E-state index contributed by atoms with van der Waals surface area (Å²) in [7, 11) is 0. The Morgan fingerprint density at radius 1 is 0.973 bits per heavy atom. The van der Waals surface area contributed by atoms with E-state index in [9.17, 15) is 9.59 Å². The molecule has 0 aliphatic carbocycles. The van der Waals surface area contributed by atoms with Crippen molar-refractivity contribution in [2.24, 2.45) is 0 Å². The highest BCUT2D eigenvalue weighted by Crippen LogP contribution is 2.22. The van der Waals surface area contributed by atoms with E-state index in [-0.39, 0.29) is 11.8 Å². The highest BCUT2D eigenvalue weighted by Gasteiger charge is 2.25. The van der Waals surface area contributed by atoms with Gasteiger partial charge in [0.15, 0.2) is 5.82 Å². The molecule has 1 unspecified atom stereocenters. The number of amides is 2. The molecule has 9 nitrogen and oxygen atoms in total. The molecule has 1 saturated heterocycles. The second-order valence-electron chi connectivity index (χ2n) is 9.40. The Bertz CT molecular complexity index is 1220. The molecule has 2 amide bonds. The summed E-state index contributed by atoms with van der Waals surface area (Å²) in [6.45, 7) is 9.52. The van der Waals surface area contributed by atoms with Gasteiger partial charge in [0.1, 0.15) is 11.6 Å². The highest BCUT2D eigenvalue weighted by molar-refractivity contribution is 5.92. The third-order valence-corrected chi connectivity index (χ3v) is 6.24. The van der Waals surface area contributed by atoms with Crippen molar-refractivity contribution < 1.29 is 9.59 Å². The molecule has 0 bridgehead atoms. The number of hydrogen-bond acceptors (Lipinski definition) is 7. The minimum atomic E-state index is -0.113. The number of carbonyl (C=O) groups excluding carboxylic acids is 2. The maximum absolute atomic E-state index is 13.0. The standard InChI is InChI=1S/C28H35N7O2/c1-20-8-7-11-24(16-20)35-15-14-34(18-21(35)2)19-27(37)31-26-17-25(30-13-12-29-22(3)36)32-28(33-26)23-9-5-4-6-10-23/h4-11,16-17,21H,12-15,18-19H2,1-3H3,(H,29,36)(H2,30,31,32,33,37). The van der Waals surface area contributed by atoms with Gasteiger partial charge in [-0.3, -0.25) is 14.5 Å². The Hall–Kier alpha value is -3.98. The van der Waals surface area contributed by atoms with Crippen molar-refractivity contribution in [1.82, 2.24) is 20.2 Å². The van der Waals surface area contributed by atoms with Crippen molar-refractivity contribution in [3.8, 4) is 11.4 Å². The lowest BCUT2D eigenvalue weighted by molar-refractivity contribution is -0.119. The van der Waals surface area contributed by atoms with Gasteiger partial charge in [0.05, 0.1) is 6.54 Å². The summed E-state index contributed by atoms with van der Waals surface area (Å²) < 4.78 is 0. The molecule has 1 atom stereocenters. The largest absolute Gasteiger partial charge is 0.368 e. The zero-order valence-electron chi connectivity index (χ0n) is 21.7. The van der Waals surface area contributed by atoms with Crippen LogP contribution in [0.2, 0.25) is 0 Å². The lowest BCUT2D eigenvalue weighted by atomic mass is 10.1. The van der Waals surface area contributed by atoms with Crippen LogP contribution in [0.25, 0.3) is 11.4 Å². The number of benzene rings is 2.